The maximum atomic E-state index is 5.05. The van der Waals surface area contributed by atoms with Crippen molar-refractivity contribution in [1.29, 1.82) is 0 Å². The molecule has 0 N–H and O–H groups in total. The molecule has 3 heteroatoms. The summed E-state index contributed by atoms with van der Waals surface area (Å²) < 4.78 is 0. The lowest BCUT2D eigenvalue weighted by Crippen LogP contribution is -2.37. The molecule has 0 saturated heterocycles. The van der Waals surface area contributed by atoms with E-state index < -0.39 is 0 Å². The van der Waals surface area contributed by atoms with Gasteiger partial charge in [-0.25, -0.2) is 15.0 Å². The lowest BCUT2D eigenvalue weighted by molar-refractivity contribution is 0.522. The fraction of sp³-hybridized carbons (Fsp3) is 0.133. The molecule has 0 fully saturated rings. The summed E-state index contributed by atoms with van der Waals surface area (Å²) in [5, 5.41) is 0. The van der Waals surface area contributed by atoms with E-state index in [4.69, 9.17) is 15.0 Å². The molecule has 0 bridgehead atoms. The van der Waals surface area contributed by atoms with Crippen molar-refractivity contribution in [2.45, 2.75) is 38.5 Å². The van der Waals surface area contributed by atoms with E-state index in [2.05, 4.69) is 143 Å². The number of benzene rings is 6. The molecular formula is C45H37N3. The van der Waals surface area contributed by atoms with E-state index in [0.717, 1.165) is 27.8 Å². The van der Waals surface area contributed by atoms with Crippen LogP contribution in [0.4, 0.5) is 0 Å². The topological polar surface area (TPSA) is 38.7 Å². The molecule has 0 radical (unpaired) electrons. The number of rotatable bonds is 5. The van der Waals surface area contributed by atoms with Gasteiger partial charge in [0, 0.05) is 27.5 Å². The Hall–Kier alpha value is -5.67. The van der Waals surface area contributed by atoms with E-state index in [1.165, 1.54) is 33.4 Å². The highest BCUT2D eigenvalue weighted by Gasteiger charge is 2.42. The number of nitrogens with zero attached hydrogens (tertiary/aromatic N) is 3. The molecule has 0 amide bonds. The molecule has 7 aromatic rings. The first-order valence-corrected chi connectivity index (χ1v) is 16.6. The molecule has 0 saturated carbocycles. The lowest BCUT2D eigenvalue weighted by atomic mass is 9.58. The first kappa shape index (κ1) is 29.7. The molecule has 0 aliphatic heterocycles. The molecule has 0 spiro atoms. The molecule has 6 aromatic carbocycles. The van der Waals surface area contributed by atoms with Crippen molar-refractivity contribution < 1.29 is 0 Å². The normalized spacial score (nSPS) is 14.2. The fourth-order valence-electron chi connectivity index (χ4n) is 7.46. The van der Waals surface area contributed by atoms with Gasteiger partial charge in [0.15, 0.2) is 17.5 Å². The molecule has 0 atom stereocenters. The van der Waals surface area contributed by atoms with Gasteiger partial charge < -0.3 is 0 Å². The molecule has 1 heterocycles. The smallest absolute Gasteiger partial charge is 0.164 e. The summed E-state index contributed by atoms with van der Waals surface area (Å²) in [7, 11) is 0. The Kier molecular flexibility index (Phi) is 7.14. The standard InChI is InChI=1S/C45H37N3/c1-44(2)37-22-11-12-23-38(37)45(3,4)40-36(21-14-24-39(40)44)31-25-27-33(28-26-31)42-46-41(32-17-9-6-10-18-32)47-43(48-42)35-20-13-19-34(29-35)30-15-7-5-8-16-30/h5-29H,1-4H3. The van der Waals surface area contributed by atoms with Gasteiger partial charge in [0.25, 0.3) is 0 Å². The summed E-state index contributed by atoms with van der Waals surface area (Å²) in [4.78, 5) is 15.0. The highest BCUT2D eigenvalue weighted by molar-refractivity contribution is 5.77. The third kappa shape index (κ3) is 5.03. The third-order valence-electron chi connectivity index (χ3n) is 9.99. The van der Waals surface area contributed by atoms with Crippen molar-refractivity contribution in [2.75, 3.05) is 0 Å². The Morgan fingerprint density at radius 3 is 1.42 bits per heavy atom. The summed E-state index contributed by atoms with van der Waals surface area (Å²) in [6, 6.07) is 53.5. The molecule has 1 aromatic heterocycles. The lowest BCUT2D eigenvalue weighted by Gasteiger charge is -2.45. The van der Waals surface area contributed by atoms with Gasteiger partial charge in [-0.3, -0.25) is 0 Å². The largest absolute Gasteiger partial charge is 0.208 e. The number of hydrogen-bond donors (Lipinski definition) is 0. The Morgan fingerprint density at radius 2 is 0.771 bits per heavy atom. The van der Waals surface area contributed by atoms with Crippen molar-refractivity contribution in [1.82, 2.24) is 15.0 Å². The Balaban J connectivity index is 1.23. The maximum absolute atomic E-state index is 5.05. The van der Waals surface area contributed by atoms with Gasteiger partial charge >= 0.3 is 0 Å². The van der Waals surface area contributed by atoms with Gasteiger partial charge in [-0.2, -0.15) is 0 Å². The van der Waals surface area contributed by atoms with Crippen LogP contribution in [0.2, 0.25) is 0 Å². The van der Waals surface area contributed by atoms with Crippen molar-refractivity contribution in [2.24, 2.45) is 0 Å². The molecule has 0 unspecified atom stereocenters. The zero-order valence-corrected chi connectivity index (χ0v) is 27.8. The van der Waals surface area contributed by atoms with E-state index in [1.807, 2.05) is 36.4 Å². The molecule has 8 rings (SSSR count). The van der Waals surface area contributed by atoms with Crippen LogP contribution in [-0.4, -0.2) is 15.0 Å². The highest BCUT2D eigenvalue weighted by Crippen LogP contribution is 2.52. The van der Waals surface area contributed by atoms with E-state index in [1.54, 1.807) is 0 Å². The van der Waals surface area contributed by atoms with Crippen LogP contribution in [0, 0.1) is 0 Å². The second-order valence-electron chi connectivity index (χ2n) is 13.7. The highest BCUT2D eigenvalue weighted by atomic mass is 15.0. The second-order valence-corrected chi connectivity index (χ2v) is 13.7. The molecular weight excluding hydrogens is 583 g/mol. The van der Waals surface area contributed by atoms with E-state index in [-0.39, 0.29) is 10.8 Å². The van der Waals surface area contributed by atoms with Crippen LogP contribution < -0.4 is 0 Å². The van der Waals surface area contributed by atoms with Gasteiger partial charge in [-0.1, -0.05) is 173 Å². The summed E-state index contributed by atoms with van der Waals surface area (Å²) in [6.07, 6.45) is 0. The Morgan fingerprint density at radius 1 is 0.333 bits per heavy atom. The monoisotopic (exact) mass is 619 g/mol. The predicted octanol–water partition coefficient (Wildman–Crippen LogP) is 11.2. The average molecular weight is 620 g/mol. The van der Waals surface area contributed by atoms with Crippen molar-refractivity contribution in [3.63, 3.8) is 0 Å². The summed E-state index contributed by atoms with van der Waals surface area (Å²) in [6.45, 7) is 9.43. The van der Waals surface area contributed by atoms with Crippen LogP contribution in [-0.2, 0) is 10.8 Å². The van der Waals surface area contributed by atoms with E-state index in [9.17, 15) is 0 Å². The average Bonchev–Trinajstić information content (AvgIpc) is 3.15. The zero-order valence-electron chi connectivity index (χ0n) is 27.8. The van der Waals surface area contributed by atoms with Crippen LogP contribution >= 0.6 is 0 Å². The van der Waals surface area contributed by atoms with Gasteiger partial charge in [0.05, 0.1) is 0 Å². The first-order chi connectivity index (χ1) is 23.3. The summed E-state index contributed by atoms with van der Waals surface area (Å²) >= 11 is 0. The van der Waals surface area contributed by atoms with E-state index >= 15 is 0 Å². The molecule has 3 nitrogen and oxygen atoms in total. The predicted molar refractivity (Wildman–Crippen MR) is 198 cm³/mol. The van der Waals surface area contributed by atoms with E-state index in [0.29, 0.717) is 17.5 Å². The fourth-order valence-corrected chi connectivity index (χ4v) is 7.46. The minimum Gasteiger partial charge on any atom is -0.208 e. The van der Waals surface area contributed by atoms with Crippen LogP contribution in [0.25, 0.3) is 56.4 Å². The van der Waals surface area contributed by atoms with Gasteiger partial charge in [-0.15, -0.1) is 0 Å². The van der Waals surface area contributed by atoms with Crippen molar-refractivity contribution >= 4 is 0 Å². The molecule has 1 aliphatic carbocycles. The van der Waals surface area contributed by atoms with Crippen LogP contribution in [0.5, 0.6) is 0 Å². The minimum atomic E-state index is -0.140. The zero-order chi connectivity index (χ0) is 32.9. The number of hydrogen-bond acceptors (Lipinski definition) is 3. The summed E-state index contributed by atoms with van der Waals surface area (Å²) in [5.41, 5.74) is 13.0. The van der Waals surface area contributed by atoms with Crippen LogP contribution in [0.15, 0.2) is 152 Å². The van der Waals surface area contributed by atoms with Crippen molar-refractivity contribution in [3.05, 3.63) is 174 Å². The third-order valence-corrected chi connectivity index (χ3v) is 9.99. The van der Waals surface area contributed by atoms with Gasteiger partial charge in [-0.05, 0) is 50.6 Å². The first-order valence-electron chi connectivity index (χ1n) is 16.6. The van der Waals surface area contributed by atoms with Gasteiger partial charge in [0.2, 0.25) is 0 Å². The van der Waals surface area contributed by atoms with Gasteiger partial charge in [0.1, 0.15) is 0 Å². The molecule has 1 aliphatic rings. The second kappa shape index (κ2) is 11.5. The SMILES string of the molecule is CC1(C)c2ccccc2C(C)(C)c2c(-c3ccc(-c4nc(-c5ccccc5)nc(-c5cccc(-c6ccccc6)c5)n4)cc3)cccc21. The number of aromatic nitrogens is 3. The van der Waals surface area contributed by atoms with Crippen molar-refractivity contribution in [3.8, 4) is 56.4 Å². The molecule has 48 heavy (non-hydrogen) atoms. The number of fused-ring (bicyclic) bond motifs is 2. The minimum absolute atomic E-state index is 0.0929. The Bertz CT molecular complexity index is 2270. The quantitative estimate of drug-likeness (QED) is 0.192. The molecule has 232 valence electrons. The summed E-state index contributed by atoms with van der Waals surface area (Å²) in [5.74, 6) is 1.96. The van der Waals surface area contributed by atoms with Crippen LogP contribution in [0.3, 0.4) is 0 Å². The Labute approximate surface area is 283 Å². The van der Waals surface area contributed by atoms with Crippen LogP contribution in [0.1, 0.15) is 49.9 Å². The maximum Gasteiger partial charge on any atom is 0.164 e.